The molecule has 3 aliphatic rings. The number of aryl methyl sites for hydroxylation is 4. The fraction of sp³-hybridized carbons (Fsp3) is 0.250. The molecule has 1 saturated carbocycles. The van der Waals surface area contributed by atoms with Crippen molar-refractivity contribution >= 4 is 23.1 Å². The highest BCUT2D eigenvalue weighted by atomic mass is 16.2. The maximum absolute atomic E-state index is 13.8. The summed E-state index contributed by atoms with van der Waals surface area (Å²) in [5, 5.41) is 0. The van der Waals surface area contributed by atoms with Crippen LogP contribution in [0.1, 0.15) is 33.4 Å². The third kappa shape index (κ3) is 3.25. The molecular weight excluding hydrogens is 430 g/mol. The lowest BCUT2D eigenvalue weighted by atomic mass is 9.85. The van der Waals surface area contributed by atoms with Gasteiger partial charge >= 0.3 is 0 Å². The van der Waals surface area contributed by atoms with Crippen LogP contribution in [0, 0.1) is 51.4 Å². The van der Waals surface area contributed by atoms with E-state index in [1.165, 1.54) is 21.6 Å². The van der Waals surface area contributed by atoms with Crippen molar-refractivity contribution < 1.29 is 9.59 Å². The molecule has 3 heteroatoms. The summed E-state index contributed by atoms with van der Waals surface area (Å²) in [5.74, 6) is -0.912. The zero-order valence-electron chi connectivity index (χ0n) is 20.6. The lowest BCUT2D eigenvalue weighted by molar-refractivity contribution is -0.122. The van der Waals surface area contributed by atoms with Gasteiger partial charge in [-0.25, -0.2) is 4.90 Å². The van der Waals surface area contributed by atoms with E-state index in [9.17, 15) is 9.59 Å². The second-order valence-corrected chi connectivity index (χ2v) is 10.4. The molecule has 3 nitrogen and oxygen atoms in total. The summed E-state index contributed by atoms with van der Waals surface area (Å²) >= 11 is 0. The van der Waals surface area contributed by atoms with E-state index in [2.05, 4.69) is 74.5 Å². The molecule has 4 atom stereocenters. The number of amides is 2. The highest BCUT2D eigenvalue weighted by Gasteiger charge is 2.62. The molecule has 1 saturated heterocycles. The van der Waals surface area contributed by atoms with Crippen LogP contribution in [-0.4, -0.2) is 11.8 Å². The van der Waals surface area contributed by atoms with Gasteiger partial charge in [-0.05, 0) is 61.6 Å². The lowest BCUT2D eigenvalue weighted by Crippen LogP contribution is -2.33. The van der Waals surface area contributed by atoms with E-state index in [1.54, 1.807) is 0 Å². The van der Waals surface area contributed by atoms with Gasteiger partial charge in [0, 0.05) is 11.8 Å². The van der Waals surface area contributed by atoms with Crippen LogP contribution in [0.4, 0.5) is 5.69 Å². The summed E-state index contributed by atoms with van der Waals surface area (Å²) in [7, 11) is 0. The van der Waals surface area contributed by atoms with E-state index in [4.69, 9.17) is 0 Å². The molecule has 1 heterocycles. The quantitative estimate of drug-likeness (QED) is 0.338. The summed E-state index contributed by atoms with van der Waals surface area (Å²) in [4.78, 5) is 29.1. The van der Waals surface area contributed by atoms with Gasteiger partial charge in [-0.3, -0.25) is 9.59 Å². The molecule has 0 N–H and O–H groups in total. The van der Waals surface area contributed by atoms with Gasteiger partial charge in [0.15, 0.2) is 0 Å². The van der Waals surface area contributed by atoms with E-state index in [0.29, 0.717) is 0 Å². The predicted octanol–water partition coefficient (Wildman–Crippen LogP) is 6.34. The Hall–Kier alpha value is -3.72. The molecule has 3 aromatic carbocycles. The van der Waals surface area contributed by atoms with Crippen molar-refractivity contribution in [1.82, 2.24) is 0 Å². The largest absolute Gasteiger partial charge is 0.274 e. The average molecular weight is 460 g/mol. The van der Waals surface area contributed by atoms with Gasteiger partial charge in [0.2, 0.25) is 11.8 Å². The molecular formula is C32H29NO2. The SMILES string of the molecule is Cc1ccc(C(=C2[C@H]3C=C[C@H]2[C@H]2C(=O)N(c4ccc(C)cc4C)C(=O)[C@H]23)c2ccc(C)cc2)cc1. The molecule has 2 bridgehead atoms. The third-order valence-corrected chi connectivity index (χ3v) is 7.98. The Morgan fingerprint density at radius 2 is 1.09 bits per heavy atom. The number of fused-ring (bicyclic) bond motifs is 5. The van der Waals surface area contributed by atoms with E-state index < -0.39 is 0 Å². The summed E-state index contributed by atoms with van der Waals surface area (Å²) in [6.07, 6.45) is 4.33. The molecule has 35 heavy (non-hydrogen) atoms. The number of anilines is 1. The van der Waals surface area contributed by atoms with Crippen molar-refractivity contribution in [3.63, 3.8) is 0 Å². The predicted molar refractivity (Wildman–Crippen MR) is 140 cm³/mol. The van der Waals surface area contributed by atoms with Crippen molar-refractivity contribution in [3.05, 3.63) is 118 Å². The Morgan fingerprint density at radius 3 is 1.54 bits per heavy atom. The van der Waals surface area contributed by atoms with Gasteiger partial charge in [0.25, 0.3) is 0 Å². The van der Waals surface area contributed by atoms with Crippen LogP contribution in [0.2, 0.25) is 0 Å². The molecule has 174 valence electrons. The Morgan fingerprint density at radius 1 is 0.629 bits per heavy atom. The molecule has 2 aliphatic carbocycles. The van der Waals surface area contributed by atoms with Gasteiger partial charge < -0.3 is 0 Å². The van der Waals surface area contributed by atoms with E-state index in [1.807, 2.05) is 32.0 Å². The number of hydrogen-bond donors (Lipinski definition) is 0. The minimum atomic E-state index is -0.334. The minimum absolute atomic E-state index is 0.0604. The van der Waals surface area contributed by atoms with Gasteiger partial charge in [-0.15, -0.1) is 0 Å². The van der Waals surface area contributed by atoms with Crippen molar-refractivity contribution in [2.45, 2.75) is 27.7 Å². The molecule has 0 spiro atoms. The molecule has 0 unspecified atom stereocenters. The van der Waals surface area contributed by atoms with Crippen molar-refractivity contribution in [2.24, 2.45) is 23.7 Å². The smallest absolute Gasteiger partial charge is 0.238 e. The number of hydrogen-bond acceptors (Lipinski definition) is 2. The Labute approximate surface area is 206 Å². The number of allylic oxidation sites excluding steroid dienone is 3. The fourth-order valence-corrected chi connectivity index (χ4v) is 6.33. The van der Waals surface area contributed by atoms with Crippen LogP contribution in [-0.2, 0) is 9.59 Å². The van der Waals surface area contributed by atoms with Crippen LogP contribution in [0.25, 0.3) is 5.57 Å². The number of benzene rings is 3. The van der Waals surface area contributed by atoms with Crippen LogP contribution >= 0.6 is 0 Å². The molecule has 0 radical (unpaired) electrons. The summed E-state index contributed by atoms with van der Waals surface area (Å²) < 4.78 is 0. The minimum Gasteiger partial charge on any atom is -0.274 e. The van der Waals surface area contributed by atoms with Crippen LogP contribution in [0.15, 0.2) is 84.5 Å². The number of nitrogens with zero attached hydrogens (tertiary/aromatic N) is 1. The first-order valence-corrected chi connectivity index (χ1v) is 12.4. The maximum Gasteiger partial charge on any atom is 0.238 e. The van der Waals surface area contributed by atoms with Crippen molar-refractivity contribution in [3.8, 4) is 0 Å². The molecule has 2 amide bonds. The van der Waals surface area contributed by atoms with Gasteiger partial charge in [-0.2, -0.15) is 0 Å². The fourth-order valence-electron chi connectivity index (χ4n) is 6.33. The second-order valence-electron chi connectivity index (χ2n) is 10.4. The zero-order valence-corrected chi connectivity index (χ0v) is 20.6. The number of imide groups is 1. The molecule has 0 aromatic heterocycles. The number of carbonyl (C=O) groups is 2. The van der Waals surface area contributed by atoms with E-state index in [0.717, 1.165) is 33.5 Å². The van der Waals surface area contributed by atoms with Crippen molar-refractivity contribution in [2.75, 3.05) is 4.90 Å². The topological polar surface area (TPSA) is 37.4 Å². The zero-order chi connectivity index (χ0) is 24.4. The van der Waals surface area contributed by atoms with E-state index in [-0.39, 0.29) is 35.5 Å². The van der Waals surface area contributed by atoms with Crippen LogP contribution < -0.4 is 4.90 Å². The molecule has 2 fully saturated rings. The summed E-state index contributed by atoms with van der Waals surface area (Å²) in [6, 6.07) is 23.1. The Kier molecular flexibility index (Phi) is 4.93. The highest BCUT2D eigenvalue weighted by Crippen LogP contribution is 2.59. The average Bonchev–Trinajstić information content (AvgIpc) is 3.46. The Balaban J connectivity index is 1.49. The van der Waals surface area contributed by atoms with Gasteiger partial charge in [0.1, 0.15) is 0 Å². The van der Waals surface area contributed by atoms with Crippen LogP contribution in [0.3, 0.4) is 0 Å². The summed E-state index contributed by atoms with van der Waals surface area (Å²) in [6.45, 7) is 8.18. The van der Waals surface area contributed by atoms with Gasteiger partial charge in [0.05, 0.1) is 17.5 Å². The first kappa shape index (κ1) is 21.8. The van der Waals surface area contributed by atoms with Gasteiger partial charge in [-0.1, -0.05) is 89.5 Å². The maximum atomic E-state index is 13.8. The summed E-state index contributed by atoms with van der Waals surface area (Å²) in [5.41, 5.74) is 9.89. The second kappa shape index (κ2) is 7.91. The lowest BCUT2D eigenvalue weighted by Gasteiger charge is -2.23. The molecule has 6 rings (SSSR count). The Bertz CT molecular complexity index is 1340. The number of rotatable bonds is 3. The number of carbonyl (C=O) groups excluding carboxylic acids is 2. The van der Waals surface area contributed by atoms with Crippen LogP contribution in [0.5, 0.6) is 0 Å². The van der Waals surface area contributed by atoms with Crippen molar-refractivity contribution in [1.29, 1.82) is 0 Å². The third-order valence-electron chi connectivity index (χ3n) is 7.98. The highest BCUT2D eigenvalue weighted by molar-refractivity contribution is 6.23. The first-order chi connectivity index (χ1) is 16.8. The first-order valence-electron chi connectivity index (χ1n) is 12.4. The normalized spacial score (nSPS) is 24.5. The monoisotopic (exact) mass is 459 g/mol. The van der Waals surface area contributed by atoms with E-state index >= 15 is 0 Å². The molecule has 3 aromatic rings. The molecule has 1 aliphatic heterocycles. The standard InChI is InChI=1S/C32H29NO2/c1-18-5-10-22(11-6-18)27(23-12-7-19(2)8-13-23)28-24-14-15-25(28)30-29(24)31(34)33(32(30)35)26-16-9-20(3)17-21(26)4/h5-17,24-25,29-30H,1-4H3/t24-,25-,29-,30+/m1/s1.